The second kappa shape index (κ2) is 7.21. The van der Waals surface area contributed by atoms with Gasteiger partial charge in [-0.2, -0.15) is 0 Å². The van der Waals surface area contributed by atoms with Crippen molar-refractivity contribution in [2.75, 3.05) is 13.1 Å². The molecule has 1 saturated heterocycles. The van der Waals surface area contributed by atoms with Crippen LogP contribution in [0.2, 0.25) is 0 Å². The molecule has 136 valence electrons. The molecule has 0 aromatic heterocycles. The Labute approximate surface area is 147 Å². The molecule has 0 saturated carbocycles. The zero-order valence-electron chi connectivity index (χ0n) is 15.2. The van der Waals surface area contributed by atoms with E-state index in [0.717, 1.165) is 0 Å². The van der Waals surface area contributed by atoms with E-state index < -0.39 is 16.2 Å². The SMILES string of the molecule is Cc1cccc(C(=O)NC2CCN(C(=O)C(C)(C)C)CC2)c1[N+](=O)[O-]. The van der Waals surface area contributed by atoms with Crippen LogP contribution in [0.1, 0.15) is 49.5 Å². The van der Waals surface area contributed by atoms with Crippen molar-refractivity contribution in [3.8, 4) is 0 Å². The van der Waals surface area contributed by atoms with Crippen LogP contribution in [-0.4, -0.2) is 40.8 Å². The van der Waals surface area contributed by atoms with E-state index in [1.165, 1.54) is 6.07 Å². The van der Waals surface area contributed by atoms with Crippen LogP contribution < -0.4 is 5.32 Å². The number of hydrogen-bond donors (Lipinski definition) is 1. The maximum Gasteiger partial charge on any atom is 0.285 e. The third-order valence-electron chi connectivity index (χ3n) is 4.42. The minimum Gasteiger partial charge on any atom is -0.349 e. The van der Waals surface area contributed by atoms with Crippen molar-refractivity contribution >= 4 is 17.5 Å². The highest BCUT2D eigenvalue weighted by Crippen LogP contribution is 2.24. The Hall–Kier alpha value is -2.44. The van der Waals surface area contributed by atoms with Crippen LogP contribution in [0.5, 0.6) is 0 Å². The standard InChI is InChI=1S/C18H25N3O4/c1-12-6-5-7-14(15(12)21(24)25)16(22)19-13-8-10-20(11-9-13)17(23)18(2,3)4/h5-7,13H,8-11H2,1-4H3,(H,19,22). The maximum atomic E-state index is 12.5. The molecule has 0 spiro atoms. The van der Waals surface area contributed by atoms with E-state index >= 15 is 0 Å². The summed E-state index contributed by atoms with van der Waals surface area (Å²) in [7, 11) is 0. The topological polar surface area (TPSA) is 92.6 Å². The second-order valence-electron chi connectivity index (χ2n) is 7.52. The number of rotatable bonds is 3. The number of hydrogen-bond acceptors (Lipinski definition) is 4. The number of carbonyl (C=O) groups is 2. The van der Waals surface area contributed by atoms with Gasteiger partial charge in [-0.3, -0.25) is 19.7 Å². The van der Waals surface area contributed by atoms with E-state index in [0.29, 0.717) is 31.5 Å². The van der Waals surface area contributed by atoms with Gasteiger partial charge >= 0.3 is 0 Å². The van der Waals surface area contributed by atoms with Gasteiger partial charge in [-0.1, -0.05) is 32.9 Å². The van der Waals surface area contributed by atoms with Gasteiger partial charge in [-0.25, -0.2) is 0 Å². The lowest BCUT2D eigenvalue weighted by Gasteiger charge is -2.36. The normalized spacial score (nSPS) is 15.8. The molecule has 1 aromatic carbocycles. The molecule has 0 atom stereocenters. The summed E-state index contributed by atoms with van der Waals surface area (Å²) in [6.07, 6.45) is 1.29. The predicted octanol–water partition coefficient (Wildman–Crippen LogP) is 2.67. The molecule has 7 heteroatoms. The summed E-state index contributed by atoms with van der Waals surface area (Å²) in [6.45, 7) is 8.44. The summed E-state index contributed by atoms with van der Waals surface area (Å²) in [5.41, 5.74) is -0.0278. The Morgan fingerprint density at radius 1 is 1.24 bits per heavy atom. The lowest BCUT2D eigenvalue weighted by molar-refractivity contribution is -0.385. The van der Waals surface area contributed by atoms with Crippen molar-refractivity contribution in [1.29, 1.82) is 0 Å². The van der Waals surface area contributed by atoms with Crippen molar-refractivity contribution in [2.45, 2.75) is 46.6 Å². The molecule has 1 aromatic rings. The average Bonchev–Trinajstić information content (AvgIpc) is 2.53. The van der Waals surface area contributed by atoms with Crippen molar-refractivity contribution in [3.05, 3.63) is 39.4 Å². The summed E-state index contributed by atoms with van der Waals surface area (Å²) in [5.74, 6) is -0.331. The Balaban J connectivity index is 2.01. The highest BCUT2D eigenvalue weighted by molar-refractivity contribution is 5.98. The Morgan fingerprint density at radius 2 is 1.84 bits per heavy atom. The highest BCUT2D eigenvalue weighted by Gasteiger charge is 2.31. The molecule has 0 bridgehead atoms. The van der Waals surface area contributed by atoms with Gasteiger partial charge < -0.3 is 10.2 Å². The van der Waals surface area contributed by atoms with Crippen molar-refractivity contribution in [1.82, 2.24) is 10.2 Å². The number of amides is 2. The van der Waals surface area contributed by atoms with Crippen molar-refractivity contribution in [3.63, 3.8) is 0 Å². The van der Waals surface area contributed by atoms with Crippen LogP contribution in [0.4, 0.5) is 5.69 Å². The van der Waals surface area contributed by atoms with Crippen LogP contribution in [0.25, 0.3) is 0 Å². The molecule has 1 aliphatic heterocycles. The molecule has 1 aliphatic rings. The second-order valence-corrected chi connectivity index (χ2v) is 7.52. The lowest BCUT2D eigenvalue weighted by Crippen LogP contribution is -2.49. The molecule has 25 heavy (non-hydrogen) atoms. The quantitative estimate of drug-likeness (QED) is 0.672. The summed E-state index contributed by atoms with van der Waals surface area (Å²) in [5, 5.41) is 14.1. The summed E-state index contributed by atoms with van der Waals surface area (Å²) in [4.78, 5) is 37.3. The number of nitrogens with one attached hydrogen (secondary N) is 1. The van der Waals surface area contributed by atoms with E-state index in [9.17, 15) is 19.7 Å². The molecule has 0 aliphatic carbocycles. The van der Waals surface area contributed by atoms with Gasteiger partial charge in [0.05, 0.1) is 4.92 Å². The number of likely N-dealkylation sites (tertiary alicyclic amines) is 1. The zero-order valence-corrected chi connectivity index (χ0v) is 15.2. The number of nitro benzene ring substituents is 1. The lowest BCUT2D eigenvalue weighted by atomic mass is 9.93. The fraction of sp³-hybridized carbons (Fsp3) is 0.556. The summed E-state index contributed by atoms with van der Waals surface area (Å²) in [6, 6.07) is 4.64. The smallest absolute Gasteiger partial charge is 0.285 e. The van der Waals surface area contributed by atoms with Gasteiger partial charge in [-0.05, 0) is 25.8 Å². The molecule has 7 nitrogen and oxygen atoms in total. The Morgan fingerprint density at radius 3 is 2.36 bits per heavy atom. The Bertz CT molecular complexity index is 686. The molecular weight excluding hydrogens is 322 g/mol. The number of aryl methyl sites for hydroxylation is 1. The summed E-state index contributed by atoms with van der Waals surface area (Å²) < 4.78 is 0. The Kier molecular flexibility index (Phi) is 5.45. The molecule has 2 amide bonds. The largest absolute Gasteiger partial charge is 0.349 e. The minimum atomic E-state index is -0.519. The van der Waals surface area contributed by atoms with Gasteiger partial charge in [0.2, 0.25) is 5.91 Å². The number of para-hydroxylation sites is 1. The van der Waals surface area contributed by atoms with E-state index in [1.807, 2.05) is 25.7 Å². The van der Waals surface area contributed by atoms with E-state index in [2.05, 4.69) is 5.32 Å². The molecular formula is C18H25N3O4. The molecule has 0 unspecified atom stereocenters. The molecule has 1 heterocycles. The maximum absolute atomic E-state index is 12.5. The number of piperidine rings is 1. The van der Waals surface area contributed by atoms with Gasteiger partial charge in [-0.15, -0.1) is 0 Å². The fourth-order valence-corrected chi connectivity index (χ4v) is 3.05. The number of nitro groups is 1. The molecule has 2 rings (SSSR count). The number of benzene rings is 1. The molecule has 0 radical (unpaired) electrons. The van der Waals surface area contributed by atoms with E-state index in [1.54, 1.807) is 19.1 Å². The number of nitrogens with zero attached hydrogens (tertiary/aromatic N) is 2. The molecule has 1 fully saturated rings. The first-order chi connectivity index (χ1) is 11.6. The average molecular weight is 347 g/mol. The third kappa shape index (κ3) is 4.35. The van der Waals surface area contributed by atoms with Crippen LogP contribution in [0.3, 0.4) is 0 Å². The first-order valence-electron chi connectivity index (χ1n) is 8.45. The number of carbonyl (C=O) groups excluding carboxylic acids is 2. The van der Waals surface area contributed by atoms with Crippen LogP contribution in [0.15, 0.2) is 18.2 Å². The fourth-order valence-electron chi connectivity index (χ4n) is 3.05. The predicted molar refractivity (Wildman–Crippen MR) is 94.4 cm³/mol. The van der Waals surface area contributed by atoms with Gasteiger partial charge in [0, 0.05) is 30.1 Å². The summed E-state index contributed by atoms with van der Waals surface area (Å²) >= 11 is 0. The van der Waals surface area contributed by atoms with Crippen LogP contribution in [-0.2, 0) is 4.79 Å². The van der Waals surface area contributed by atoms with Crippen molar-refractivity contribution < 1.29 is 14.5 Å². The van der Waals surface area contributed by atoms with Crippen molar-refractivity contribution in [2.24, 2.45) is 5.41 Å². The third-order valence-corrected chi connectivity index (χ3v) is 4.42. The minimum absolute atomic E-state index is 0.0817. The first-order valence-corrected chi connectivity index (χ1v) is 8.45. The molecule has 1 N–H and O–H groups in total. The highest BCUT2D eigenvalue weighted by atomic mass is 16.6. The van der Waals surface area contributed by atoms with Gasteiger partial charge in [0.25, 0.3) is 11.6 Å². The van der Waals surface area contributed by atoms with E-state index in [-0.39, 0.29) is 23.2 Å². The van der Waals surface area contributed by atoms with Gasteiger partial charge in [0.1, 0.15) is 5.56 Å². The monoisotopic (exact) mass is 347 g/mol. The van der Waals surface area contributed by atoms with Gasteiger partial charge in [0.15, 0.2) is 0 Å². The van der Waals surface area contributed by atoms with Crippen LogP contribution in [0, 0.1) is 22.5 Å². The van der Waals surface area contributed by atoms with E-state index in [4.69, 9.17) is 0 Å². The van der Waals surface area contributed by atoms with Crippen LogP contribution >= 0.6 is 0 Å². The first kappa shape index (κ1) is 18.9. The zero-order chi connectivity index (χ0) is 18.8.